The number of hydrogen-bond donors (Lipinski definition) is 0. The summed E-state index contributed by atoms with van der Waals surface area (Å²) in [7, 11) is 0. The van der Waals surface area contributed by atoms with Crippen LogP contribution >= 0.6 is 0 Å². The average Bonchev–Trinajstić information content (AvgIpc) is 3.38. The van der Waals surface area contributed by atoms with Crippen LogP contribution in [-0.4, -0.2) is 14.1 Å². The van der Waals surface area contributed by atoms with E-state index in [0.717, 1.165) is 22.8 Å². The molecule has 0 radical (unpaired) electrons. The average molecular weight is 438 g/mol. The minimum atomic E-state index is 1.02. The molecular weight excluding hydrogens is 414 g/mol. The maximum atomic E-state index is 5.07. The van der Waals surface area contributed by atoms with Gasteiger partial charge in [0.2, 0.25) is 0 Å². The zero-order chi connectivity index (χ0) is 22.8. The molecule has 0 spiro atoms. The molecule has 162 valence electrons. The highest BCUT2D eigenvalue weighted by molar-refractivity contribution is 6.10. The van der Waals surface area contributed by atoms with E-state index in [1.165, 1.54) is 43.6 Å². The smallest absolute Gasteiger partial charge is 0.0695 e. The van der Waals surface area contributed by atoms with Crippen molar-refractivity contribution in [3.05, 3.63) is 115 Å². The Balaban J connectivity index is 1.61. The summed E-state index contributed by atoms with van der Waals surface area (Å²) < 4.78 is 4.73. The van der Waals surface area contributed by atoms with Crippen molar-refractivity contribution in [2.45, 2.75) is 13.8 Å². The Morgan fingerprint density at radius 3 is 1.06 bits per heavy atom. The monoisotopic (exact) mass is 437 g/mol. The maximum Gasteiger partial charge on any atom is 0.0695 e. The Morgan fingerprint density at radius 2 is 0.735 bits per heavy atom. The van der Waals surface area contributed by atoms with Gasteiger partial charge in [-0.2, -0.15) is 0 Å². The summed E-state index contributed by atoms with van der Waals surface area (Å²) in [5, 5.41) is 5.04. The van der Waals surface area contributed by atoms with Crippen LogP contribution in [0.25, 0.3) is 55.0 Å². The number of rotatable bonds is 2. The lowest BCUT2D eigenvalue weighted by atomic mass is 10.2. The van der Waals surface area contributed by atoms with E-state index < -0.39 is 0 Å². The molecule has 34 heavy (non-hydrogen) atoms. The molecule has 3 heterocycles. The van der Waals surface area contributed by atoms with Gasteiger partial charge in [0.25, 0.3) is 0 Å². The fourth-order valence-corrected chi connectivity index (χ4v) is 5.52. The van der Waals surface area contributed by atoms with E-state index in [1.807, 2.05) is 0 Å². The first-order valence-electron chi connectivity index (χ1n) is 11.7. The fraction of sp³-hybridized carbons (Fsp3) is 0.0645. The van der Waals surface area contributed by atoms with E-state index in [4.69, 9.17) is 4.98 Å². The summed E-state index contributed by atoms with van der Waals surface area (Å²) in [5.41, 5.74) is 9.06. The van der Waals surface area contributed by atoms with Gasteiger partial charge in [0.15, 0.2) is 0 Å². The third-order valence-electron chi connectivity index (χ3n) is 6.99. The van der Waals surface area contributed by atoms with Crippen LogP contribution in [0, 0.1) is 13.8 Å². The Hall–Kier alpha value is -4.37. The van der Waals surface area contributed by atoms with Crippen molar-refractivity contribution < 1.29 is 0 Å². The SMILES string of the molecule is Cc1nc(C)c(-n2c3ccccc3c3ccccc32)cc1-n1c2ccccc2c2ccccc21. The lowest BCUT2D eigenvalue weighted by Crippen LogP contribution is -2.06. The molecule has 3 nitrogen and oxygen atoms in total. The number of benzene rings is 4. The molecule has 0 N–H and O–H groups in total. The Labute approximate surface area is 197 Å². The summed E-state index contributed by atoms with van der Waals surface area (Å²) in [4.78, 5) is 5.07. The lowest BCUT2D eigenvalue weighted by Gasteiger charge is -2.17. The van der Waals surface area contributed by atoms with E-state index in [9.17, 15) is 0 Å². The van der Waals surface area contributed by atoms with Crippen molar-refractivity contribution in [3.8, 4) is 11.4 Å². The van der Waals surface area contributed by atoms with Gasteiger partial charge < -0.3 is 9.13 Å². The summed E-state index contributed by atoms with van der Waals surface area (Å²) in [5.74, 6) is 0. The second-order valence-electron chi connectivity index (χ2n) is 8.94. The predicted octanol–water partition coefficient (Wildman–Crippen LogP) is 7.89. The van der Waals surface area contributed by atoms with Crippen molar-refractivity contribution in [1.29, 1.82) is 0 Å². The van der Waals surface area contributed by atoms with Gasteiger partial charge in [-0.25, -0.2) is 0 Å². The number of aryl methyl sites for hydroxylation is 2. The Kier molecular flexibility index (Phi) is 3.97. The minimum Gasteiger partial charge on any atom is -0.307 e. The predicted molar refractivity (Wildman–Crippen MR) is 142 cm³/mol. The molecule has 7 aromatic rings. The lowest BCUT2D eigenvalue weighted by molar-refractivity contribution is 1.01. The second-order valence-corrected chi connectivity index (χ2v) is 8.94. The third kappa shape index (κ3) is 2.55. The largest absolute Gasteiger partial charge is 0.307 e. The first-order chi connectivity index (χ1) is 16.7. The molecule has 0 saturated carbocycles. The quantitative estimate of drug-likeness (QED) is 0.270. The van der Waals surface area contributed by atoms with Gasteiger partial charge in [-0.15, -0.1) is 0 Å². The number of aromatic nitrogens is 3. The summed E-state index contributed by atoms with van der Waals surface area (Å²) >= 11 is 0. The van der Waals surface area contributed by atoms with Gasteiger partial charge in [-0.05, 0) is 44.2 Å². The molecule has 0 aliphatic rings. The van der Waals surface area contributed by atoms with Crippen LogP contribution in [0.1, 0.15) is 11.4 Å². The summed E-state index contributed by atoms with van der Waals surface area (Å²) in [6.07, 6.45) is 0. The van der Waals surface area contributed by atoms with Gasteiger partial charge >= 0.3 is 0 Å². The van der Waals surface area contributed by atoms with Gasteiger partial charge in [-0.1, -0.05) is 72.8 Å². The van der Waals surface area contributed by atoms with E-state index >= 15 is 0 Å². The molecule has 7 rings (SSSR count). The van der Waals surface area contributed by atoms with Crippen molar-refractivity contribution in [2.75, 3.05) is 0 Å². The molecule has 0 fully saturated rings. The van der Waals surface area contributed by atoms with Crippen molar-refractivity contribution in [3.63, 3.8) is 0 Å². The van der Waals surface area contributed by atoms with Crippen LogP contribution < -0.4 is 0 Å². The second kappa shape index (κ2) is 7.06. The molecule has 4 aromatic carbocycles. The van der Waals surface area contributed by atoms with Crippen LogP contribution in [0.15, 0.2) is 103 Å². The number of para-hydroxylation sites is 4. The van der Waals surface area contributed by atoms with Gasteiger partial charge in [0, 0.05) is 21.5 Å². The topological polar surface area (TPSA) is 22.8 Å². The number of hydrogen-bond acceptors (Lipinski definition) is 1. The van der Waals surface area contributed by atoms with Crippen LogP contribution in [-0.2, 0) is 0 Å². The Morgan fingerprint density at radius 1 is 0.441 bits per heavy atom. The molecule has 3 heteroatoms. The molecular formula is C31H23N3. The first kappa shape index (κ1) is 19.1. The molecule has 0 atom stereocenters. The molecule has 0 amide bonds. The van der Waals surface area contributed by atoms with E-state index in [2.05, 4.69) is 126 Å². The highest BCUT2D eigenvalue weighted by Crippen LogP contribution is 2.36. The highest BCUT2D eigenvalue weighted by atomic mass is 15.0. The standard InChI is InChI=1S/C31H23N3/c1-20-30(33-26-15-7-3-11-22(26)23-12-4-8-16-27(23)33)19-31(21(2)32-20)34-28-17-9-5-13-24(28)25-14-6-10-18-29(25)34/h3-19H,1-2H3. The minimum absolute atomic E-state index is 1.02. The summed E-state index contributed by atoms with van der Waals surface area (Å²) in [6.45, 7) is 4.23. The summed E-state index contributed by atoms with van der Waals surface area (Å²) in [6, 6.07) is 36.9. The van der Waals surface area contributed by atoms with E-state index in [1.54, 1.807) is 0 Å². The molecule has 0 unspecified atom stereocenters. The molecule has 0 bridgehead atoms. The molecule has 3 aromatic heterocycles. The van der Waals surface area contributed by atoms with Gasteiger partial charge in [0.05, 0.1) is 44.8 Å². The van der Waals surface area contributed by atoms with Crippen LogP contribution in [0.2, 0.25) is 0 Å². The fourth-order valence-electron chi connectivity index (χ4n) is 5.52. The number of nitrogens with zero attached hydrogens (tertiary/aromatic N) is 3. The zero-order valence-electron chi connectivity index (χ0n) is 19.2. The number of pyridine rings is 1. The van der Waals surface area contributed by atoms with Gasteiger partial charge in [-0.3, -0.25) is 4.98 Å². The van der Waals surface area contributed by atoms with Crippen LogP contribution in [0.5, 0.6) is 0 Å². The van der Waals surface area contributed by atoms with Crippen LogP contribution in [0.4, 0.5) is 0 Å². The van der Waals surface area contributed by atoms with E-state index in [-0.39, 0.29) is 0 Å². The molecule has 0 aliphatic heterocycles. The molecule has 0 saturated heterocycles. The normalized spacial score (nSPS) is 11.8. The maximum absolute atomic E-state index is 5.07. The van der Waals surface area contributed by atoms with Crippen molar-refractivity contribution >= 4 is 43.6 Å². The van der Waals surface area contributed by atoms with Gasteiger partial charge in [0.1, 0.15) is 0 Å². The zero-order valence-corrected chi connectivity index (χ0v) is 19.2. The van der Waals surface area contributed by atoms with Crippen LogP contribution in [0.3, 0.4) is 0 Å². The highest BCUT2D eigenvalue weighted by Gasteiger charge is 2.18. The van der Waals surface area contributed by atoms with Crippen molar-refractivity contribution in [1.82, 2.24) is 14.1 Å². The third-order valence-corrected chi connectivity index (χ3v) is 6.99. The Bertz CT molecular complexity index is 1640. The van der Waals surface area contributed by atoms with Crippen molar-refractivity contribution in [2.24, 2.45) is 0 Å². The van der Waals surface area contributed by atoms with E-state index in [0.29, 0.717) is 0 Å². The molecule has 0 aliphatic carbocycles. The number of fused-ring (bicyclic) bond motifs is 6. The first-order valence-corrected chi connectivity index (χ1v) is 11.7.